The molecular formula is C23H33N5S. The van der Waals surface area contributed by atoms with Crippen LogP contribution < -0.4 is 20.4 Å². The van der Waals surface area contributed by atoms with Crippen molar-refractivity contribution in [3.63, 3.8) is 0 Å². The van der Waals surface area contributed by atoms with Gasteiger partial charge in [-0.2, -0.15) is 0 Å². The van der Waals surface area contributed by atoms with E-state index in [9.17, 15) is 0 Å². The minimum atomic E-state index is 0.487. The monoisotopic (exact) mass is 411 g/mol. The topological polar surface area (TPSA) is 42.9 Å². The van der Waals surface area contributed by atoms with Gasteiger partial charge >= 0.3 is 0 Å². The Labute approximate surface area is 178 Å². The van der Waals surface area contributed by atoms with Gasteiger partial charge in [0.2, 0.25) is 0 Å². The van der Waals surface area contributed by atoms with Gasteiger partial charge in [0.05, 0.1) is 11.5 Å². The summed E-state index contributed by atoms with van der Waals surface area (Å²) >= 11 is 1.83. The molecule has 3 heterocycles. The molecule has 0 bridgehead atoms. The standard InChI is InChI=1S/C23H33N5S/c1-3-24-23(26-20-10-13-28(14-11-20)22-7-5-15-29-22)25-17-18-8-9-21-19(16-18)6-4-12-27(21)2/h5,7-9,15-16,20H,3-4,6,10-14,17H2,1-2H3,(H2,24,25,26). The first-order chi connectivity index (χ1) is 14.2. The number of hydrogen-bond acceptors (Lipinski definition) is 4. The Morgan fingerprint density at radius 3 is 2.83 bits per heavy atom. The third kappa shape index (κ3) is 5.04. The molecule has 0 spiro atoms. The normalized spacial score (nSPS) is 17.9. The highest BCUT2D eigenvalue weighted by Crippen LogP contribution is 2.27. The van der Waals surface area contributed by atoms with E-state index in [0.717, 1.165) is 51.5 Å². The molecule has 0 atom stereocenters. The average molecular weight is 412 g/mol. The van der Waals surface area contributed by atoms with E-state index in [1.54, 1.807) is 0 Å². The molecule has 1 aromatic heterocycles. The van der Waals surface area contributed by atoms with Crippen LogP contribution in [0.2, 0.25) is 0 Å². The largest absolute Gasteiger partial charge is 0.374 e. The van der Waals surface area contributed by atoms with Crippen LogP contribution in [-0.4, -0.2) is 45.2 Å². The quantitative estimate of drug-likeness (QED) is 0.579. The fourth-order valence-electron chi connectivity index (χ4n) is 4.31. The van der Waals surface area contributed by atoms with Crippen molar-refractivity contribution in [2.75, 3.05) is 43.0 Å². The second kappa shape index (κ2) is 9.53. The van der Waals surface area contributed by atoms with Crippen molar-refractivity contribution in [3.8, 4) is 0 Å². The molecule has 2 aliphatic rings. The summed E-state index contributed by atoms with van der Waals surface area (Å²) in [6.07, 6.45) is 4.71. The number of guanidine groups is 1. The molecule has 0 saturated carbocycles. The zero-order valence-electron chi connectivity index (χ0n) is 17.7. The van der Waals surface area contributed by atoms with Gasteiger partial charge in [-0.25, -0.2) is 4.99 Å². The number of piperidine rings is 1. The molecule has 2 aliphatic heterocycles. The molecule has 1 aromatic carbocycles. The van der Waals surface area contributed by atoms with Gasteiger partial charge in [-0.1, -0.05) is 12.1 Å². The third-order valence-electron chi connectivity index (χ3n) is 5.91. The lowest BCUT2D eigenvalue weighted by Crippen LogP contribution is -2.48. The molecule has 0 radical (unpaired) electrons. The Hall–Kier alpha value is -2.21. The molecule has 1 saturated heterocycles. The Bertz CT molecular complexity index is 809. The molecule has 29 heavy (non-hydrogen) atoms. The summed E-state index contributed by atoms with van der Waals surface area (Å²) < 4.78 is 0. The van der Waals surface area contributed by atoms with Crippen LogP contribution in [0.4, 0.5) is 10.7 Å². The summed E-state index contributed by atoms with van der Waals surface area (Å²) in [5.41, 5.74) is 4.14. The maximum atomic E-state index is 4.88. The second-order valence-electron chi connectivity index (χ2n) is 8.04. The van der Waals surface area contributed by atoms with Crippen molar-refractivity contribution >= 4 is 28.0 Å². The van der Waals surface area contributed by atoms with Crippen LogP contribution in [0.1, 0.15) is 37.3 Å². The molecular weight excluding hydrogens is 378 g/mol. The van der Waals surface area contributed by atoms with Crippen molar-refractivity contribution < 1.29 is 0 Å². The lowest BCUT2D eigenvalue weighted by Gasteiger charge is -2.33. The van der Waals surface area contributed by atoms with Gasteiger partial charge in [0.1, 0.15) is 0 Å². The number of anilines is 2. The summed E-state index contributed by atoms with van der Waals surface area (Å²) in [6.45, 7) is 7.11. The maximum absolute atomic E-state index is 4.88. The van der Waals surface area contributed by atoms with Crippen molar-refractivity contribution in [1.29, 1.82) is 0 Å². The smallest absolute Gasteiger partial charge is 0.191 e. The minimum Gasteiger partial charge on any atom is -0.374 e. The Kier molecular flexibility index (Phi) is 6.60. The van der Waals surface area contributed by atoms with E-state index < -0.39 is 0 Å². The first-order valence-electron chi connectivity index (χ1n) is 10.9. The predicted molar refractivity (Wildman–Crippen MR) is 126 cm³/mol. The third-order valence-corrected chi connectivity index (χ3v) is 6.84. The highest BCUT2D eigenvalue weighted by atomic mass is 32.1. The molecule has 156 valence electrons. The van der Waals surface area contributed by atoms with Crippen LogP contribution in [0, 0.1) is 0 Å². The average Bonchev–Trinajstić information content (AvgIpc) is 3.28. The summed E-state index contributed by atoms with van der Waals surface area (Å²) in [6, 6.07) is 11.7. The number of benzene rings is 1. The summed E-state index contributed by atoms with van der Waals surface area (Å²) in [5.74, 6) is 0.942. The first-order valence-corrected chi connectivity index (χ1v) is 11.8. The van der Waals surface area contributed by atoms with Crippen molar-refractivity contribution in [2.45, 2.75) is 45.2 Å². The molecule has 5 nitrogen and oxygen atoms in total. The Morgan fingerprint density at radius 1 is 1.21 bits per heavy atom. The molecule has 0 amide bonds. The molecule has 1 fully saturated rings. The lowest BCUT2D eigenvalue weighted by atomic mass is 10.00. The number of nitrogens with one attached hydrogen (secondary N) is 2. The Balaban J connectivity index is 1.35. The van der Waals surface area contributed by atoms with Crippen molar-refractivity contribution in [1.82, 2.24) is 10.6 Å². The van der Waals surface area contributed by atoms with Gasteiger partial charge in [-0.15, -0.1) is 11.3 Å². The first kappa shape index (κ1) is 20.1. The van der Waals surface area contributed by atoms with E-state index in [1.165, 1.54) is 34.7 Å². The highest BCUT2D eigenvalue weighted by Gasteiger charge is 2.20. The van der Waals surface area contributed by atoms with E-state index in [4.69, 9.17) is 4.99 Å². The number of aryl methyl sites for hydroxylation is 1. The maximum Gasteiger partial charge on any atom is 0.191 e. The van der Waals surface area contributed by atoms with Crippen LogP contribution in [0.5, 0.6) is 0 Å². The van der Waals surface area contributed by atoms with Gasteiger partial charge in [-0.05, 0) is 67.3 Å². The number of thiophene rings is 1. The van der Waals surface area contributed by atoms with E-state index in [1.807, 2.05) is 11.3 Å². The number of hydrogen-bond donors (Lipinski definition) is 2. The van der Waals surface area contributed by atoms with Crippen LogP contribution in [-0.2, 0) is 13.0 Å². The van der Waals surface area contributed by atoms with Gasteiger partial charge in [0.15, 0.2) is 5.96 Å². The van der Waals surface area contributed by atoms with E-state index >= 15 is 0 Å². The summed E-state index contributed by atoms with van der Waals surface area (Å²) in [5, 5.41) is 10.6. The molecule has 2 aromatic rings. The fraction of sp³-hybridized carbons (Fsp3) is 0.522. The predicted octanol–water partition coefficient (Wildman–Crippen LogP) is 3.85. The van der Waals surface area contributed by atoms with Crippen molar-refractivity contribution in [2.24, 2.45) is 4.99 Å². The van der Waals surface area contributed by atoms with Crippen LogP contribution >= 0.6 is 11.3 Å². The number of rotatable bonds is 5. The van der Waals surface area contributed by atoms with Crippen molar-refractivity contribution in [3.05, 3.63) is 46.8 Å². The van der Waals surface area contributed by atoms with Gasteiger partial charge in [0.25, 0.3) is 0 Å². The van der Waals surface area contributed by atoms with Gasteiger partial charge < -0.3 is 20.4 Å². The van der Waals surface area contributed by atoms with Crippen LogP contribution in [0.15, 0.2) is 40.7 Å². The van der Waals surface area contributed by atoms with Gasteiger partial charge in [0, 0.05) is 45.0 Å². The molecule has 2 N–H and O–H groups in total. The molecule has 0 unspecified atom stereocenters. The van der Waals surface area contributed by atoms with E-state index in [2.05, 4.69) is 70.1 Å². The van der Waals surface area contributed by atoms with Crippen LogP contribution in [0.25, 0.3) is 0 Å². The highest BCUT2D eigenvalue weighted by molar-refractivity contribution is 7.14. The van der Waals surface area contributed by atoms with Gasteiger partial charge in [-0.3, -0.25) is 0 Å². The zero-order chi connectivity index (χ0) is 20.1. The number of nitrogens with zero attached hydrogens (tertiary/aromatic N) is 3. The van der Waals surface area contributed by atoms with E-state index in [-0.39, 0.29) is 0 Å². The lowest BCUT2D eigenvalue weighted by molar-refractivity contribution is 0.463. The fourth-order valence-corrected chi connectivity index (χ4v) is 5.10. The van der Waals surface area contributed by atoms with E-state index in [0.29, 0.717) is 6.04 Å². The summed E-state index contributed by atoms with van der Waals surface area (Å²) in [4.78, 5) is 9.74. The second-order valence-corrected chi connectivity index (χ2v) is 8.97. The summed E-state index contributed by atoms with van der Waals surface area (Å²) in [7, 11) is 2.19. The van der Waals surface area contributed by atoms with Crippen LogP contribution in [0.3, 0.4) is 0 Å². The minimum absolute atomic E-state index is 0.487. The zero-order valence-corrected chi connectivity index (χ0v) is 18.5. The molecule has 6 heteroatoms. The molecule has 0 aliphatic carbocycles. The Morgan fingerprint density at radius 2 is 2.07 bits per heavy atom. The SMILES string of the molecule is CCNC(=NCc1ccc2c(c1)CCCN2C)NC1CCN(c2cccs2)CC1. The molecule has 4 rings (SSSR count). The number of fused-ring (bicyclic) bond motifs is 1. The number of aliphatic imine (C=N–C) groups is 1.